The first-order valence-corrected chi connectivity index (χ1v) is 6.09. The normalized spacial score (nSPS) is 21.8. The maximum atomic E-state index is 11.9. The Morgan fingerprint density at radius 1 is 1.44 bits per heavy atom. The molecule has 0 unspecified atom stereocenters. The second-order valence-corrected chi connectivity index (χ2v) is 4.78. The van der Waals surface area contributed by atoms with Crippen LogP contribution in [0.4, 0.5) is 0 Å². The van der Waals surface area contributed by atoms with Crippen molar-refractivity contribution < 1.29 is 9.59 Å². The highest BCUT2D eigenvalue weighted by Gasteiger charge is 2.36. The van der Waals surface area contributed by atoms with E-state index in [-0.39, 0.29) is 11.8 Å². The van der Waals surface area contributed by atoms with E-state index in [0.29, 0.717) is 18.2 Å². The van der Waals surface area contributed by atoms with Crippen molar-refractivity contribution in [2.75, 3.05) is 6.54 Å². The Balaban J connectivity index is 1.66. The molecule has 1 amide bonds. The molecule has 4 nitrogen and oxygen atoms in total. The van der Waals surface area contributed by atoms with Crippen molar-refractivity contribution in [2.45, 2.75) is 6.42 Å². The number of carbonyl (C=O) groups excluding carboxylic acids is 2. The summed E-state index contributed by atoms with van der Waals surface area (Å²) in [6.45, 7) is 0.581. The molecule has 1 fully saturated rings. The molecule has 1 heterocycles. The number of aromatic nitrogens is 1. The number of fused-ring (bicyclic) bond motifs is 1. The Morgan fingerprint density at radius 3 is 3.00 bits per heavy atom. The molecule has 0 spiro atoms. The van der Waals surface area contributed by atoms with Crippen LogP contribution in [-0.4, -0.2) is 23.7 Å². The Hall–Kier alpha value is -2.10. The SMILES string of the molecule is O=C[C@H]1C[C@H]1CNC(=O)c1cc2ccccc2[nH]1. The average molecular weight is 242 g/mol. The van der Waals surface area contributed by atoms with Gasteiger partial charge in [0.1, 0.15) is 12.0 Å². The number of hydrogen-bond acceptors (Lipinski definition) is 2. The zero-order valence-electron chi connectivity index (χ0n) is 9.85. The van der Waals surface area contributed by atoms with E-state index in [9.17, 15) is 9.59 Å². The third-order valence-corrected chi connectivity index (χ3v) is 3.45. The van der Waals surface area contributed by atoms with Gasteiger partial charge in [-0.15, -0.1) is 0 Å². The summed E-state index contributed by atoms with van der Waals surface area (Å²) in [6.07, 6.45) is 1.87. The molecule has 1 saturated carbocycles. The molecule has 0 radical (unpaired) electrons. The molecule has 18 heavy (non-hydrogen) atoms. The average Bonchev–Trinajstić information content (AvgIpc) is 3.02. The van der Waals surface area contributed by atoms with Crippen LogP contribution in [0.5, 0.6) is 0 Å². The predicted octanol–water partition coefficient (Wildman–Crippen LogP) is 1.73. The Labute approximate surface area is 104 Å². The van der Waals surface area contributed by atoms with Crippen LogP contribution in [0.3, 0.4) is 0 Å². The van der Waals surface area contributed by atoms with Crippen LogP contribution in [0.25, 0.3) is 10.9 Å². The molecule has 92 valence electrons. The smallest absolute Gasteiger partial charge is 0.267 e. The topological polar surface area (TPSA) is 62.0 Å². The van der Waals surface area contributed by atoms with Crippen LogP contribution in [0.15, 0.2) is 30.3 Å². The van der Waals surface area contributed by atoms with Gasteiger partial charge in [0.15, 0.2) is 0 Å². The second-order valence-electron chi connectivity index (χ2n) is 4.78. The zero-order chi connectivity index (χ0) is 12.5. The minimum Gasteiger partial charge on any atom is -0.351 e. The van der Waals surface area contributed by atoms with Gasteiger partial charge in [-0.25, -0.2) is 0 Å². The monoisotopic (exact) mass is 242 g/mol. The fourth-order valence-corrected chi connectivity index (χ4v) is 2.19. The van der Waals surface area contributed by atoms with Crippen molar-refractivity contribution in [3.63, 3.8) is 0 Å². The summed E-state index contributed by atoms with van der Waals surface area (Å²) < 4.78 is 0. The fraction of sp³-hybridized carbons (Fsp3) is 0.286. The molecule has 2 atom stereocenters. The number of aromatic amines is 1. The van der Waals surface area contributed by atoms with E-state index in [4.69, 9.17) is 0 Å². The van der Waals surface area contributed by atoms with Gasteiger partial charge in [0.2, 0.25) is 0 Å². The number of hydrogen-bond donors (Lipinski definition) is 2. The number of aldehydes is 1. The summed E-state index contributed by atoms with van der Waals surface area (Å²) in [7, 11) is 0. The van der Waals surface area contributed by atoms with E-state index in [1.54, 1.807) is 0 Å². The Kier molecular flexibility index (Phi) is 2.63. The number of para-hydroxylation sites is 1. The molecule has 2 N–H and O–H groups in total. The maximum Gasteiger partial charge on any atom is 0.267 e. The summed E-state index contributed by atoms with van der Waals surface area (Å²) in [4.78, 5) is 25.5. The van der Waals surface area contributed by atoms with Crippen molar-refractivity contribution in [3.05, 3.63) is 36.0 Å². The number of H-pyrrole nitrogens is 1. The van der Waals surface area contributed by atoms with E-state index >= 15 is 0 Å². The molecule has 1 aromatic carbocycles. The molecule has 0 aliphatic heterocycles. The molecular weight excluding hydrogens is 228 g/mol. The van der Waals surface area contributed by atoms with Gasteiger partial charge in [-0.3, -0.25) is 4.79 Å². The lowest BCUT2D eigenvalue weighted by atomic mass is 10.2. The van der Waals surface area contributed by atoms with Gasteiger partial charge in [-0.05, 0) is 24.5 Å². The lowest BCUT2D eigenvalue weighted by molar-refractivity contribution is -0.109. The number of carbonyl (C=O) groups is 2. The van der Waals surface area contributed by atoms with Crippen molar-refractivity contribution in [1.82, 2.24) is 10.3 Å². The molecule has 1 aliphatic carbocycles. The first kappa shape index (κ1) is 11.0. The Morgan fingerprint density at radius 2 is 2.28 bits per heavy atom. The van der Waals surface area contributed by atoms with E-state index in [2.05, 4.69) is 10.3 Å². The van der Waals surface area contributed by atoms with Crippen molar-refractivity contribution in [1.29, 1.82) is 0 Å². The third-order valence-electron chi connectivity index (χ3n) is 3.45. The molecule has 3 rings (SSSR count). The summed E-state index contributed by atoms with van der Waals surface area (Å²) in [5, 5.41) is 3.88. The standard InChI is InChI=1S/C14H14N2O2/c17-8-11-5-10(11)7-15-14(18)13-6-9-3-1-2-4-12(9)16-13/h1-4,6,8,10-11,16H,5,7H2,(H,15,18)/t10-,11+/m0/s1. The minimum atomic E-state index is -0.109. The van der Waals surface area contributed by atoms with Crippen LogP contribution in [0.2, 0.25) is 0 Å². The third kappa shape index (κ3) is 2.01. The van der Waals surface area contributed by atoms with Gasteiger partial charge in [0, 0.05) is 23.4 Å². The lowest BCUT2D eigenvalue weighted by Gasteiger charge is -2.01. The van der Waals surface area contributed by atoms with E-state index in [1.807, 2.05) is 30.3 Å². The molecule has 1 aromatic heterocycles. The van der Waals surface area contributed by atoms with Crippen LogP contribution in [0, 0.1) is 11.8 Å². The highest BCUT2D eigenvalue weighted by atomic mass is 16.1. The zero-order valence-corrected chi connectivity index (χ0v) is 9.85. The summed E-state index contributed by atoms with van der Waals surface area (Å²) in [6, 6.07) is 9.62. The van der Waals surface area contributed by atoms with Crippen molar-refractivity contribution >= 4 is 23.1 Å². The molecule has 1 aliphatic rings. The van der Waals surface area contributed by atoms with Crippen LogP contribution in [-0.2, 0) is 4.79 Å². The van der Waals surface area contributed by atoms with Gasteiger partial charge in [-0.1, -0.05) is 18.2 Å². The van der Waals surface area contributed by atoms with Crippen LogP contribution < -0.4 is 5.32 Å². The highest BCUT2D eigenvalue weighted by Crippen LogP contribution is 2.35. The first-order valence-electron chi connectivity index (χ1n) is 6.09. The Bertz CT molecular complexity index is 570. The highest BCUT2D eigenvalue weighted by molar-refractivity contribution is 5.98. The van der Waals surface area contributed by atoms with E-state index < -0.39 is 0 Å². The molecule has 2 aromatic rings. The summed E-state index contributed by atoms with van der Waals surface area (Å²) in [5.41, 5.74) is 1.53. The molecule has 0 saturated heterocycles. The molecule has 4 heteroatoms. The number of rotatable bonds is 4. The van der Waals surface area contributed by atoms with E-state index in [1.165, 1.54) is 0 Å². The van der Waals surface area contributed by atoms with Gasteiger partial charge in [0.25, 0.3) is 5.91 Å². The van der Waals surface area contributed by atoms with Crippen molar-refractivity contribution in [3.8, 4) is 0 Å². The fourth-order valence-electron chi connectivity index (χ4n) is 2.19. The number of amides is 1. The molecule has 0 bridgehead atoms. The largest absolute Gasteiger partial charge is 0.351 e. The molecular formula is C14H14N2O2. The van der Waals surface area contributed by atoms with Gasteiger partial charge < -0.3 is 15.1 Å². The lowest BCUT2D eigenvalue weighted by Crippen LogP contribution is -2.26. The van der Waals surface area contributed by atoms with Crippen molar-refractivity contribution in [2.24, 2.45) is 11.8 Å². The maximum absolute atomic E-state index is 11.9. The second kappa shape index (κ2) is 4.29. The summed E-state index contributed by atoms with van der Waals surface area (Å²) >= 11 is 0. The van der Waals surface area contributed by atoms with Crippen LogP contribution in [0.1, 0.15) is 16.9 Å². The quantitative estimate of drug-likeness (QED) is 0.802. The first-order chi connectivity index (χ1) is 8.78. The van der Waals surface area contributed by atoms with Crippen LogP contribution >= 0.6 is 0 Å². The summed E-state index contributed by atoms with van der Waals surface area (Å²) in [5.74, 6) is 0.367. The van der Waals surface area contributed by atoms with Gasteiger partial charge >= 0.3 is 0 Å². The number of nitrogens with one attached hydrogen (secondary N) is 2. The van der Waals surface area contributed by atoms with Gasteiger partial charge in [-0.2, -0.15) is 0 Å². The van der Waals surface area contributed by atoms with Gasteiger partial charge in [0.05, 0.1) is 0 Å². The van der Waals surface area contributed by atoms with E-state index in [0.717, 1.165) is 23.6 Å². The predicted molar refractivity (Wildman–Crippen MR) is 68.3 cm³/mol. The minimum absolute atomic E-state index is 0.109. The number of benzene rings is 1.